The highest BCUT2D eigenvalue weighted by Gasteiger charge is 2.33. The van der Waals surface area contributed by atoms with Crippen LogP contribution in [-0.4, -0.2) is 28.4 Å². The highest BCUT2D eigenvalue weighted by atomic mass is 32.2. The first-order valence-corrected chi connectivity index (χ1v) is 9.96. The molecular weight excluding hydrogens is 380 g/mol. The van der Waals surface area contributed by atoms with Gasteiger partial charge in [-0.15, -0.1) is 0 Å². The fraction of sp³-hybridized carbons (Fsp3) is 0.158. The fourth-order valence-electron chi connectivity index (χ4n) is 3.17. The minimum absolute atomic E-state index is 0.109. The predicted molar refractivity (Wildman–Crippen MR) is 103 cm³/mol. The Morgan fingerprint density at radius 2 is 2.11 bits per heavy atom. The molecule has 0 saturated heterocycles. The van der Waals surface area contributed by atoms with Crippen LogP contribution in [0.15, 0.2) is 64.6 Å². The number of furan rings is 1. The largest absolute Gasteiger partial charge is 0.444 e. The molecule has 0 fully saturated rings. The molecule has 0 spiro atoms. The average molecular weight is 398 g/mol. The van der Waals surface area contributed by atoms with Gasteiger partial charge in [0.1, 0.15) is 5.76 Å². The quantitative estimate of drug-likeness (QED) is 0.666. The van der Waals surface area contributed by atoms with Crippen molar-refractivity contribution in [3.8, 4) is 11.3 Å². The van der Waals surface area contributed by atoms with E-state index in [2.05, 4.69) is 17.0 Å². The number of rotatable bonds is 5. The third-order valence-electron chi connectivity index (χ3n) is 4.58. The van der Waals surface area contributed by atoms with Crippen molar-refractivity contribution in [2.45, 2.75) is 18.0 Å². The zero-order valence-electron chi connectivity index (χ0n) is 15.1. The summed E-state index contributed by atoms with van der Waals surface area (Å²) in [5.41, 5.74) is 2.32. The van der Waals surface area contributed by atoms with Crippen LogP contribution in [0, 0.1) is 0 Å². The number of aryl methyl sites for hydroxylation is 1. The summed E-state index contributed by atoms with van der Waals surface area (Å²) in [6, 6.07) is 10.2. The minimum Gasteiger partial charge on any atom is -0.444 e. The maximum Gasteiger partial charge on any atom is 0.250 e. The second-order valence-corrected chi connectivity index (χ2v) is 8.33. The Balaban J connectivity index is 1.58. The number of anilines is 1. The lowest BCUT2D eigenvalue weighted by Gasteiger charge is -2.16. The van der Waals surface area contributed by atoms with Crippen molar-refractivity contribution >= 4 is 21.8 Å². The molecule has 2 aromatic heterocycles. The van der Waals surface area contributed by atoms with E-state index in [0.29, 0.717) is 5.76 Å². The number of nitrogens with zero attached hydrogens (tertiary/aromatic N) is 3. The molecule has 28 heavy (non-hydrogen) atoms. The lowest BCUT2D eigenvalue weighted by molar-refractivity contribution is -0.112. The highest BCUT2D eigenvalue weighted by Crippen LogP contribution is 2.33. The molecule has 0 atom stereocenters. The van der Waals surface area contributed by atoms with Crippen LogP contribution in [-0.2, 0) is 35.0 Å². The summed E-state index contributed by atoms with van der Waals surface area (Å²) in [6.07, 6.45) is 2.80. The third kappa shape index (κ3) is 3.14. The number of hydrogen-bond donors (Lipinski definition) is 1. The van der Waals surface area contributed by atoms with Crippen LogP contribution < -0.4 is 5.32 Å². The topological polar surface area (TPSA) is 97.4 Å². The molecular formula is C19H18N4O4S. The molecule has 0 aliphatic carbocycles. The molecule has 4 rings (SSSR count). The zero-order valence-corrected chi connectivity index (χ0v) is 15.9. The molecule has 3 aromatic rings. The molecule has 9 heteroatoms. The van der Waals surface area contributed by atoms with Gasteiger partial charge in [-0.2, -0.15) is 9.40 Å². The van der Waals surface area contributed by atoms with Crippen molar-refractivity contribution in [3.05, 3.63) is 66.6 Å². The van der Waals surface area contributed by atoms with Crippen molar-refractivity contribution in [1.29, 1.82) is 0 Å². The van der Waals surface area contributed by atoms with Gasteiger partial charge < -0.3 is 4.42 Å². The summed E-state index contributed by atoms with van der Waals surface area (Å²) in [6.45, 7) is 3.67. The van der Waals surface area contributed by atoms with E-state index in [1.807, 2.05) is 12.1 Å². The van der Waals surface area contributed by atoms with Crippen LogP contribution in [0.25, 0.3) is 11.3 Å². The number of amides is 1. The van der Waals surface area contributed by atoms with E-state index >= 15 is 0 Å². The van der Waals surface area contributed by atoms with E-state index in [4.69, 9.17) is 4.42 Å². The second kappa shape index (κ2) is 6.77. The summed E-state index contributed by atoms with van der Waals surface area (Å²) < 4.78 is 34.8. The molecule has 3 heterocycles. The zero-order chi connectivity index (χ0) is 19.9. The standard InChI is InChI=1S/C19H18N4O4S/c1-3-18(24)21-19-10-14-11-23(12-17(14)27-19)28(25,26)15-6-4-5-13(9-15)16-7-8-20-22(16)2/h3-10H,1,11-12H2,2H3,(H,21,24). The maximum absolute atomic E-state index is 13.1. The van der Waals surface area contributed by atoms with E-state index < -0.39 is 10.0 Å². The van der Waals surface area contributed by atoms with Crippen molar-refractivity contribution in [1.82, 2.24) is 14.1 Å². The molecule has 0 bridgehead atoms. The number of hydrogen-bond acceptors (Lipinski definition) is 5. The Bertz CT molecular complexity index is 1150. The summed E-state index contributed by atoms with van der Waals surface area (Å²) in [4.78, 5) is 11.6. The normalized spacial score (nSPS) is 14.0. The van der Waals surface area contributed by atoms with Crippen LogP contribution in [0.2, 0.25) is 0 Å². The van der Waals surface area contributed by atoms with Gasteiger partial charge in [-0.1, -0.05) is 18.7 Å². The molecule has 1 N–H and O–H groups in total. The molecule has 1 aliphatic heterocycles. The van der Waals surface area contributed by atoms with Crippen molar-refractivity contribution < 1.29 is 17.6 Å². The first-order valence-electron chi connectivity index (χ1n) is 8.52. The summed E-state index contributed by atoms with van der Waals surface area (Å²) in [5, 5.41) is 6.66. The van der Waals surface area contributed by atoms with E-state index in [9.17, 15) is 13.2 Å². The van der Waals surface area contributed by atoms with Gasteiger partial charge in [-0.25, -0.2) is 8.42 Å². The van der Waals surface area contributed by atoms with Gasteiger partial charge in [0.25, 0.3) is 0 Å². The number of benzene rings is 1. The SMILES string of the molecule is C=CC(=O)Nc1cc2c(o1)CN(S(=O)(=O)c1cccc(-c3ccnn3C)c1)C2. The number of sulfonamides is 1. The van der Waals surface area contributed by atoms with E-state index in [1.165, 1.54) is 4.31 Å². The Hall–Kier alpha value is -3.17. The molecule has 1 aliphatic rings. The van der Waals surface area contributed by atoms with E-state index in [0.717, 1.165) is 22.9 Å². The Morgan fingerprint density at radius 1 is 1.29 bits per heavy atom. The van der Waals surface area contributed by atoms with Crippen molar-refractivity contribution in [2.75, 3.05) is 5.32 Å². The Labute approximate surface area is 162 Å². The first-order chi connectivity index (χ1) is 13.4. The average Bonchev–Trinajstić information content (AvgIpc) is 3.36. The minimum atomic E-state index is -3.70. The van der Waals surface area contributed by atoms with Gasteiger partial charge >= 0.3 is 0 Å². The lowest BCUT2D eigenvalue weighted by atomic mass is 10.1. The summed E-state index contributed by atoms with van der Waals surface area (Å²) >= 11 is 0. The van der Waals surface area contributed by atoms with Crippen LogP contribution in [0.5, 0.6) is 0 Å². The third-order valence-corrected chi connectivity index (χ3v) is 6.37. The molecule has 1 amide bonds. The van der Waals surface area contributed by atoms with Gasteiger partial charge in [0.2, 0.25) is 15.9 Å². The van der Waals surface area contributed by atoms with Gasteiger partial charge in [-0.05, 0) is 24.3 Å². The number of carbonyl (C=O) groups excluding carboxylic acids is 1. The van der Waals surface area contributed by atoms with E-state index in [-0.39, 0.29) is 29.8 Å². The Morgan fingerprint density at radius 3 is 2.79 bits per heavy atom. The number of nitrogens with one attached hydrogen (secondary N) is 1. The summed E-state index contributed by atoms with van der Waals surface area (Å²) in [7, 11) is -1.90. The van der Waals surface area contributed by atoms with Gasteiger partial charge in [-0.3, -0.25) is 14.8 Å². The lowest BCUT2D eigenvalue weighted by Crippen LogP contribution is -2.25. The number of carbonyl (C=O) groups is 1. The van der Waals surface area contributed by atoms with Gasteiger partial charge in [0.05, 0.1) is 17.1 Å². The Kier molecular flexibility index (Phi) is 4.40. The molecule has 8 nitrogen and oxygen atoms in total. The number of aromatic nitrogens is 2. The second-order valence-electron chi connectivity index (χ2n) is 6.39. The molecule has 0 saturated carbocycles. The van der Waals surface area contributed by atoms with Crippen molar-refractivity contribution in [2.24, 2.45) is 7.05 Å². The summed E-state index contributed by atoms with van der Waals surface area (Å²) in [5.74, 6) is 0.416. The monoisotopic (exact) mass is 398 g/mol. The molecule has 1 aromatic carbocycles. The fourth-order valence-corrected chi connectivity index (χ4v) is 4.59. The van der Waals surface area contributed by atoms with Gasteiger partial charge in [0, 0.05) is 37.0 Å². The van der Waals surface area contributed by atoms with Gasteiger partial charge in [0.15, 0.2) is 5.88 Å². The molecule has 144 valence electrons. The molecule has 0 unspecified atom stereocenters. The molecule has 0 radical (unpaired) electrons. The van der Waals surface area contributed by atoms with Crippen LogP contribution >= 0.6 is 0 Å². The number of fused-ring (bicyclic) bond motifs is 1. The smallest absolute Gasteiger partial charge is 0.250 e. The predicted octanol–water partition coefficient (Wildman–Crippen LogP) is 2.51. The highest BCUT2D eigenvalue weighted by molar-refractivity contribution is 7.89. The van der Waals surface area contributed by atoms with E-state index in [1.54, 1.807) is 42.2 Å². The van der Waals surface area contributed by atoms with Crippen LogP contribution in [0.3, 0.4) is 0 Å². The van der Waals surface area contributed by atoms with Crippen LogP contribution in [0.1, 0.15) is 11.3 Å². The first kappa shape index (κ1) is 18.2. The van der Waals surface area contributed by atoms with Crippen LogP contribution in [0.4, 0.5) is 5.88 Å². The maximum atomic E-state index is 13.1. The van der Waals surface area contributed by atoms with Crippen molar-refractivity contribution in [3.63, 3.8) is 0 Å².